The molecule has 0 atom stereocenters. The van der Waals surface area contributed by atoms with Crippen LogP contribution in [-0.2, 0) is 0 Å². The molecule has 0 saturated heterocycles. The molecule has 0 fully saturated rings. The summed E-state index contributed by atoms with van der Waals surface area (Å²) in [5.74, 6) is 0. The lowest BCUT2D eigenvalue weighted by atomic mass is 10.0. The Bertz CT molecular complexity index is 711. The Kier molecular flexibility index (Phi) is 41.2. The van der Waals surface area contributed by atoms with Gasteiger partial charge in [0.05, 0.1) is 81.6 Å². The zero-order valence-electron chi connectivity index (χ0n) is 41.9. The fourth-order valence-electron chi connectivity index (χ4n) is 9.38. The minimum Gasteiger partial charge on any atom is -0.328 e. The summed E-state index contributed by atoms with van der Waals surface area (Å²) in [6.45, 7) is 12.8. The molecule has 0 radical (unpaired) electrons. The maximum absolute atomic E-state index is 2.48. The third kappa shape index (κ3) is 45.2. The predicted molar refractivity (Wildman–Crippen MR) is 262 cm³/mol. The summed E-state index contributed by atoms with van der Waals surface area (Å²) in [5.41, 5.74) is 0. The van der Waals surface area contributed by atoms with Gasteiger partial charge in [0.1, 0.15) is 0 Å². The maximum atomic E-state index is 2.48. The second-order valence-electron chi connectivity index (χ2n) is 21.6. The molecule has 0 aliphatic carbocycles. The molecule has 0 aromatic rings. The molecule has 0 rings (SSSR count). The van der Waals surface area contributed by atoms with Crippen LogP contribution in [0.15, 0.2) is 0 Å². The van der Waals surface area contributed by atoms with E-state index in [0.29, 0.717) is 0 Å². The molecule has 3 nitrogen and oxygen atoms in total. The van der Waals surface area contributed by atoms with Gasteiger partial charge in [-0.05, 0) is 77.0 Å². The second-order valence-corrected chi connectivity index (χ2v) is 21.6. The highest BCUT2D eigenvalue weighted by atomic mass is 15.3. The van der Waals surface area contributed by atoms with Crippen LogP contribution in [0.4, 0.5) is 0 Å². The van der Waals surface area contributed by atoms with Crippen molar-refractivity contribution in [2.45, 2.75) is 271 Å². The highest BCUT2D eigenvalue weighted by Crippen LogP contribution is 2.17. The van der Waals surface area contributed by atoms with Crippen LogP contribution in [0.2, 0.25) is 0 Å². The SMILES string of the molecule is CCCCCCCCCCCCCCCCCC[N+](C)(C)CCCCCC[N+](C)(C)CCCCCC[N+](C)(C)CCCCCCCCCCCCCCCCCC. The Morgan fingerprint density at radius 3 is 0.386 bits per heavy atom. The van der Waals surface area contributed by atoms with Gasteiger partial charge in [0.15, 0.2) is 0 Å². The van der Waals surface area contributed by atoms with Gasteiger partial charge in [-0.25, -0.2) is 0 Å². The molecule has 0 aromatic carbocycles. The summed E-state index contributed by atoms with van der Waals surface area (Å²) in [6.07, 6.45) is 58.1. The number of unbranched alkanes of at least 4 members (excludes halogenated alkanes) is 36. The summed E-state index contributed by atoms with van der Waals surface area (Å²) in [7, 11) is 14.9. The molecule has 0 unspecified atom stereocenters. The van der Waals surface area contributed by atoms with E-state index in [9.17, 15) is 0 Å². The predicted octanol–water partition coefficient (Wildman–Crippen LogP) is 16.9. The quantitative estimate of drug-likeness (QED) is 0.0424. The lowest BCUT2D eigenvalue weighted by Gasteiger charge is -2.31. The molecule has 3 heteroatoms. The Balaban J connectivity index is 3.58. The molecule has 0 aromatic heterocycles. The molecule has 0 spiro atoms. The van der Waals surface area contributed by atoms with Crippen molar-refractivity contribution < 1.29 is 13.4 Å². The molecule has 0 saturated carbocycles. The molecule has 0 amide bonds. The summed E-state index contributed by atoms with van der Waals surface area (Å²) in [4.78, 5) is 0. The molecule has 57 heavy (non-hydrogen) atoms. The van der Waals surface area contributed by atoms with E-state index in [4.69, 9.17) is 0 Å². The molecule has 0 N–H and O–H groups in total. The summed E-state index contributed by atoms with van der Waals surface area (Å²) >= 11 is 0. The topological polar surface area (TPSA) is 0 Å². The third-order valence-electron chi connectivity index (χ3n) is 13.8. The fourth-order valence-corrected chi connectivity index (χ4v) is 9.38. The maximum Gasteiger partial charge on any atom is 0.0782 e. The van der Waals surface area contributed by atoms with Crippen LogP contribution in [0.5, 0.6) is 0 Å². The lowest BCUT2D eigenvalue weighted by Crippen LogP contribution is -2.42. The first-order valence-corrected chi connectivity index (χ1v) is 27.0. The van der Waals surface area contributed by atoms with Crippen molar-refractivity contribution in [3.63, 3.8) is 0 Å². The second kappa shape index (κ2) is 41.2. The number of hydrogen-bond acceptors (Lipinski definition) is 0. The van der Waals surface area contributed by atoms with Crippen molar-refractivity contribution >= 4 is 0 Å². The normalized spacial score (nSPS) is 12.6. The molecule has 0 heterocycles. The van der Waals surface area contributed by atoms with Crippen molar-refractivity contribution in [1.29, 1.82) is 0 Å². The van der Waals surface area contributed by atoms with Crippen LogP contribution in [-0.4, -0.2) is 95.0 Å². The van der Waals surface area contributed by atoms with E-state index >= 15 is 0 Å². The van der Waals surface area contributed by atoms with Gasteiger partial charge in [0.25, 0.3) is 0 Å². The average Bonchev–Trinajstić information content (AvgIpc) is 3.17. The van der Waals surface area contributed by atoms with Crippen molar-refractivity contribution in [2.24, 2.45) is 0 Å². The number of quaternary nitrogens is 3. The van der Waals surface area contributed by atoms with Crippen LogP contribution in [0.3, 0.4) is 0 Å². The lowest BCUT2D eigenvalue weighted by molar-refractivity contribution is -0.891. The van der Waals surface area contributed by atoms with E-state index < -0.39 is 0 Å². The van der Waals surface area contributed by atoms with Crippen molar-refractivity contribution in [1.82, 2.24) is 0 Å². The van der Waals surface area contributed by atoms with E-state index in [0.717, 1.165) is 0 Å². The van der Waals surface area contributed by atoms with Crippen LogP contribution >= 0.6 is 0 Å². The highest BCUT2D eigenvalue weighted by molar-refractivity contribution is 4.53. The smallest absolute Gasteiger partial charge is 0.0782 e. The number of nitrogens with zero attached hydrogens (tertiary/aromatic N) is 3. The summed E-state index contributed by atoms with van der Waals surface area (Å²) in [6, 6.07) is 0. The van der Waals surface area contributed by atoms with Crippen LogP contribution < -0.4 is 0 Å². The van der Waals surface area contributed by atoms with Crippen LogP contribution in [0.1, 0.15) is 271 Å². The van der Waals surface area contributed by atoms with Gasteiger partial charge in [-0.15, -0.1) is 0 Å². The van der Waals surface area contributed by atoms with E-state index in [-0.39, 0.29) is 0 Å². The fraction of sp³-hybridized carbons (Fsp3) is 1.00. The average molecular weight is 808 g/mol. The standard InChI is InChI=1S/C54H116N3/c1-9-11-13-15-17-19-21-23-25-27-29-31-33-35-37-43-49-55(3,4)51-45-39-41-47-53-57(7,8)54-48-42-40-46-52-56(5,6)50-44-38-36-34-32-30-28-26-24-22-20-18-16-14-12-10-2/h9-54H2,1-8H3/q+3. The van der Waals surface area contributed by atoms with Gasteiger partial charge < -0.3 is 13.4 Å². The van der Waals surface area contributed by atoms with Crippen LogP contribution in [0, 0.1) is 0 Å². The van der Waals surface area contributed by atoms with Crippen molar-refractivity contribution in [3.8, 4) is 0 Å². The van der Waals surface area contributed by atoms with Crippen molar-refractivity contribution in [3.05, 3.63) is 0 Å². The van der Waals surface area contributed by atoms with Gasteiger partial charge in [0, 0.05) is 0 Å². The minimum atomic E-state index is 1.22. The molecular weight excluding hydrogens is 691 g/mol. The molecule has 0 aliphatic heterocycles. The molecule has 0 aliphatic rings. The summed E-state index contributed by atoms with van der Waals surface area (Å²) < 4.78 is 3.69. The van der Waals surface area contributed by atoms with Crippen LogP contribution in [0.25, 0.3) is 0 Å². The highest BCUT2D eigenvalue weighted by Gasteiger charge is 2.17. The molecular formula is C54H116N3+3. The number of rotatable bonds is 48. The molecule has 0 bridgehead atoms. The van der Waals surface area contributed by atoms with Crippen molar-refractivity contribution in [2.75, 3.05) is 81.6 Å². The van der Waals surface area contributed by atoms with Gasteiger partial charge in [-0.3, -0.25) is 0 Å². The number of hydrogen-bond donors (Lipinski definition) is 0. The third-order valence-corrected chi connectivity index (χ3v) is 13.8. The van der Waals surface area contributed by atoms with Gasteiger partial charge in [0.2, 0.25) is 0 Å². The largest absolute Gasteiger partial charge is 0.328 e. The Morgan fingerprint density at radius 2 is 0.263 bits per heavy atom. The first kappa shape index (κ1) is 56.9. The Labute approximate surface area is 364 Å². The van der Waals surface area contributed by atoms with E-state index in [1.54, 1.807) is 0 Å². The molecule has 344 valence electrons. The van der Waals surface area contributed by atoms with E-state index in [2.05, 4.69) is 56.1 Å². The van der Waals surface area contributed by atoms with Gasteiger partial charge in [-0.1, -0.05) is 194 Å². The Morgan fingerprint density at radius 1 is 0.158 bits per heavy atom. The minimum absolute atomic E-state index is 1.22. The van der Waals surface area contributed by atoms with Gasteiger partial charge >= 0.3 is 0 Å². The zero-order chi connectivity index (χ0) is 42.0. The van der Waals surface area contributed by atoms with Gasteiger partial charge in [-0.2, -0.15) is 0 Å². The summed E-state index contributed by atoms with van der Waals surface area (Å²) in [5, 5.41) is 0. The first-order valence-electron chi connectivity index (χ1n) is 27.0. The Hall–Kier alpha value is -0.120. The van der Waals surface area contributed by atoms with E-state index in [1.165, 1.54) is 310 Å². The van der Waals surface area contributed by atoms with E-state index in [1.807, 2.05) is 0 Å². The first-order chi connectivity index (χ1) is 27.5. The monoisotopic (exact) mass is 807 g/mol. The zero-order valence-corrected chi connectivity index (χ0v) is 41.9.